The molecule has 5 heteroatoms. The molecule has 0 N–H and O–H groups in total. The number of hydrogen-bond acceptors (Lipinski definition) is 4. The van der Waals surface area contributed by atoms with Crippen LogP contribution in [0.4, 0.5) is 5.69 Å². The predicted molar refractivity (Wildman–Crippen MR) is 92.3 cm³/mol. The molecule has 3 rings (SSSR count). The van der Waals surface area contributed by atoms with Crippen LogP contribution in [0.25, 0.3) is 0 Å². The van der Waals surface area contributed by atoms with Crippen molar-refractivity contribution >= 4 is 11.6 Å². The minimum Gasteiger partial charge on any atom is -0.497 e. The number of carbonyl (C=O) groups excluding carboxylic acids is 1. The molecule has 0 spiro atoms. The highest BCUT2D eigenvalue weighted by Crippen LogP contribution is 2.22. The van der Waals surface area contributed by atoms with Crippen LogP contribution < -0.4 is 9.64 Å². The summed E-state index contributed by atoms with van der Waals surface area (Å²) in [6.45, 7) is 2.87. The highest BCUT2D eigenvalue weighted by atomic mass is 16.5. The van der Waals surface area contributed by atoms with Crippen LogP contribution >= 0.6 is 0 Å². The van der Waals surface area contributed by atoms with Crippen LogP contribution in [0.3, 0.4) is 0 Å². The van der Waals surface area contributed by atoms with Crippen LogP contribution in [-0.2, 0) is 0 Å². The Bertz CT molecular complexity index is 774. The number of nitrogens with zero attached hydrogens (tertiary/aromatic N) is 3. The maximum atomic E-state index is 12.6. The average Bonchev–Trinajstić information content (AvgIpc) is 2.67. The van der Waals surface area contributed by atoms with E-state index in [-0.39, 0.29) is 5.91 Å². The summed E-state index contributed by atoms with van der Waals surface area (Å²) in [6, 6.07) is 16.9. The average molecular weight is 321 g/mol. The van der Waals surface area contributed by atoms with Crippen LogP contribution in [0.5, 0.6) is 5.75 Å². The zero-order valence-electron chi connectivity index (χ0n) is 13.6. The van der Waals surface area contributed by atoms with E-state index in [1.54, 1.807) is 31.4 Å². The van der Waals surface area contributed by atoms with Crippen molar-refractivity contribution < 1.29 is 9.53 Å². The van der Waals surface area contributed by atoms with Gasteiger partial charge in [0.1, 0.15) is 5.75 Å². The molecule has 1 amide bonds. The molecule has 0 aliphatic carbocycles. The number of ether oxygens (including phenoxy) is 1. The number of carbonyl (C=O) groups is 1. The number of piperazine rings is 1. The number of amides is 1. The summed E-state index contributed by atoms with van der Waals surface area (Å²) in [5.41, 5.74) is 2.19. The SMILES string of the molecule is COc1cccc(N2CCN(C(=O)c3cccc(C#N)c3)CC2)c1. The lowest BCUT2D eigenvalue weighted by Crippen LogP contribution is -2.48. The number of benzene rings is 2. The van der Waals surface area contributed by atoms with E-state index in [0.29, 0.717) is 24.2 Å². The third kappa shape index (κ3) is 3.33. The minimum atomic E-state index is -0.0163. The molecule has 0 unspecified atom stereocenters. The fraction of sp³-hybridized carbons (Fsp3) is 0.263. The fourth-order valence-corrected chi connectivity index (χ4v) is 2.88. The first kappa shape index (κ1) is 15.9. The molecule has 1 aliphatic rings. The smallest absolute Gasteiger partial charge is 0.254 e. The van der Waals surface area contributed by atoms with Crippen LogP contribution in [0, 0.1) is 11.3 Å². The normalized spacial score (nSPS) is 14.2. The standard InChI is InChI=1S/C19H19N3O2/c1-24-18-7-3-6-17(13-18)21-8-10-22(11-9-21)19(23)16-5-2-4-15(12-16)14-20/h2-7,12-13H,8-11H2,1H3. The molecule has 2 aromatic carbocycles. The van der Waals surface area contributed by atoms with Gasteiger partial charge in [-0.05, 0) is 30.3 Å². The molecule has 0 atom stereocenters. The van der Waals surface area contributed by atoms with Crippen molar-refractivity contribution in [1.82, 2.24) is 4.90 Å². The number of rotatable bonds is 3. The van der Waals surface area contributed by atoms with Crippen molar-refractivity contribution in [3.05, 3.63) is 59.7 Å². The predicted octanol–water partition coefficient (Wildman–Crippen LogP) is 2.53. The monoisotopic (exact) mass is 321 g/mol. The lowest BCUT2D eigenvalue weighted by molar-refractivity contribution is 0.0746. The van der Waals surface area contributed by atoms with Gasteiger partial charge in [-0.3, -0.25) is 4.79 Å². The first-order valence-corrected chi connectivity index (χ1v) is 7.89. The van der Waals surface area contributed by atoms with E-state index < -0.39 is 0 Å². The van der Waals surface area contributed by atoms with Gasteiger partial charge in [-0.25, -0.2) is 0 Å². The molecule has 5 nitrogen and oxygen atoms in total. The van der Waals surface area contributed by atoms with Crippen molar-refractivity contribution in [1.29, 1.82) is 5.26 Å². The van der Waals surface area contributed by atoms with E-state index in [2.05, 4.69) is 17.0 Å². The maximum absolute atomic E-state index is 12.6. The Morgan fingerprint density at radius 1 is 1.08 bits per heavy atom. The molecular formula is C19H19N3O2. The zero-order chi connectivity index (χ0) is 16.9. The van der Waals surface area contributed by atoms with Gasteiger partial charge in [-0.15, -0.1) is 0 Å². The van der Waals surface area contributed by atoms with Crippen LogP contribution in [-0.4, -0.2) is 44.1 Å². The summed E-state index contributed by atoms with van der Waals surface area (Å²) >= 11 is 0. The topological polar surface area (TPSA) is 56.6 Å². The summed E-state index contributed by atoms with van der Waals surface area (Å²) < 4.78 is 5.27. The van der Waals surface area contributed by atoms with Gasteiger partial charge in [0.25, 0.3) is 5.91 Å². The Morgan fingerprint density at radius 3 is 2.54 bits per heavy atom. The van der Waals surface area contributed by atoms with Gasteiger partial charge in [0.15, 0.2) is 0 Å². The molecule has 0 aromatic heterocycles. The third-order valence-corrected chi connectivity index (χ3v) is 4.22. The van der Waals surface area contributed by atoms with Gasteiger partial charge in [0, 0.05) is 43.5 Å². The summed E-state index contributed by atoms with van der Waals surface area (Å²) in [6.07, 6.45) is 0. The van der Waals surface area contributed by atoms with Crippen LogP contribution in [0.2, 0.25) is 0 Å². The molecule has 0 radical (unpaired) electrons. The molecule has 1 aliphatic heterocycles. The van der Waals surface area contributed by atoms with Crippen LogP contribution in [0.1, 0.15) is 15.9 Å². The van der Waals surface area contributed by atoms with Gasteiger partial charge >= 0.3 is 0 Å². The fourth-order valence-electron chi connectivity index (χ4n) is 2.88. The lowest BCUT2D eigenvalue weighted by Gasteiger charge is -2.36. The molecule has 2 aromatic rings. The zero-order valence-corrected chi connectivity index (χ0v) is 13.6. The molecule has 122 valence electrons. The van der Waals surface area contributed by atoms with E-state index in [0.717, 1.165) is 24.5 Å². The Morgan fingerprint density at radius 2 is 1.83 bits per heavy atom. The summed E-state index contributed by atoms with van der Waals surface area (Å²) in [5, 5.41) is 8.97. The maximum Gasteiger partial charge on any atom is 0.254 e. The van der Waals surface area contributed by atoms with Gasteiger partial charge in [-0.1, -0.05) is 12.1 Å². The van der Waals surface area contributed by atoms with Crippen molar-refractivity contribution in [2.45, 2.75) is 0 Å². The number of nitriles is 1. The van der Waals surface area contributed by atoms with Crippen molar-refractivity contribution in [3.63, 3.8) is 0 Å². The quantitative estimate of drug-likeness (QED) is 0.872. The number of anilines is 1. The summed E-state index contributed by atoms with van der Waals surface area (Å²) in [5.74, 6) is 0.816. The lowest BCUT2D eigenvalue weighted by atomic mass is 10.1. The largest absolute Gasteiger partial charge is 0.497 e. The van der Waals surface area contributed by atoms with Gasteiger partial charge in [0.2, 0.25) is 0 Å². The Balaban J connectivity index is 1.66. The van der Waals surface area contributed by atoms with Crippen molar-refractivity contribution in [2.75, 3.05) is 38.2 Å². The number of hydrogen-bond donors (Lipinski definition) is 0. The Hall–Kier alpha value is -3.00. The van der Waals surface area contributed by atoms with Gasteiger partial charge in [0.05, 0.1) is 18.7 Å². The highest BCUT2D eigenvalue weighted by molar-refractivity contribution is 5.94. The molecule has 0 bridgehead atoms. The third-order valence-electron chi connectivity index (χ3n) is 4.22. The second-order valence-corrected chi connectivity index (χ2v) is 5.67. The number of methoxy groups -OCH3 is 1. The second kappa shape index (κ2) is 7.05. The molecule has 0 saturated carbocycles. The van der Waals surface area contributed by atoms with E-state index in [1.807, 2.05) is 23.1 Å². The van der Waals surface area contributed by atoms with E-state index in [4.69, 9.17) is 10.00 Å². The Labute approximate surface area is 141 Å². The summed E-state index contributed by atoms with van der Waals surface area (Å²) in [7, 11) is 1.66. The van der Waals surface area contributed by atoms with Gasteiger partial charge < -0.3 is 14.5 Å². The Kier molecular flexibility index (Phi) is 4.66. The van der Waals surface area contributed by atoms with Crippen molar-refractivity contribution in [3.8, 4) is 11.8 Å². The molecule has 1 fully saturated rings. The molecular weight excluding hydrogens is 302 g/mol. The first-order valence-electron chi connectivity index (χ1n) is 7.89. The van der Waals surface area contributed by atoms with Gasteiger partial charge in [-0.2, -0.15) is 5.26 Å². The molecule has 1 heterocycles. The minimum absolute atomic E-state index is 0.0163. The molecule has 24 heavy (non-hydrogen) atoms. The van der Waals surface area contributed by atoms with E-state index >= 15 is 0 Å². The van der Waals surface area contributed by atoms with E-state index in [1.165, 1.54) is 0 Å². The van der Waals surface area contributed by atoms with E-state index in [9.17, 15) is 4.79 Å². The summed E-state index contributed by atoms with van der Waals surface area (Å²) in [4.78, 5) is 16.7. The van der Waals surface area contributed by atoms with Crippen molar-refractivity contribution in [2.24, 2.45) is 0 Å². The highest BCUT2D eigenvalue weighted by Gasteiger charge is 2.22. The van der Waals surface area contributed by atoms with Crippen LogP contribution in [0.15, 0.2) is 48.5 Å². The second-order valence-electron chi connectivity index (χ2n) is 5.67. The molecule has 1 saturated heterocycles. The first-order chi connectivity index (χ1) is 11.7.